The fourth-order valence-electron chi connectivity index (χ4n) is 3.03. The second-order valence-electron chi connectivity index (χ2n) is 7.34. The molecule has 12 heteroatoms. The van der Waals surface area contributed by atoms with Gasteiger partial charge in [-0.15, -0.1) is 6.58 Å². The largest absolute Gasteiger partial charge is 0.322 e. The molecule has 0 saturated carbocycles. The molecule has 0 unspecified atom stereocenters. The highest BCUT2D eigenvalue weighted by Gasteiger charge is 2.18. The lowest BCUT2D eigenvalue weighted by Gasteiger charge is -2.20. The van der Waals surface area contributed by atoms with Crippen LogP contribution in [0.4, 0.5) is 17.1 Å². The molecule has 0 spiro atoms. The summed E-state index contributed by atoms with van der Waals surface area (Å²) in [5.41, 5.74) is 1.23. The van der Waals surface area contributed by atoms with Crippen LogP contribution in [-0.4, -0.2) is 35.5 Å². The second-order valence-corrected chi connectivity index (χ2v) is 11.8. The lowest BCUT2D eigenvalue weighted by molar-refractivity contribution is 0.102. The molecule has 1 amide bonds. The van der Waals surface area contributed by atoms with Crippen LogP contribution in [0.5, 0.6) is 0 Å². The maximum Gasteiger partial charge on any atom is 0.261 e. The number of hydrogen-bond acceptors (Lipinski definition) is 5. The van der Waals surface area contributed by atoms with Crippen LogP contribution in [0.1, 0.15) is 10.4 Å². The number of carbonyl (C=O) groups is 1. The third kappa shape index (κ3) is 6.76. The van der Waals surface area contributed by atoms with Crippen molar-refractivity contribution in [2.24, 2.45) is 0 Å². The molecule has 2 N–H and O–H groups in total. The Morgan fingerprint density at radius 1 is 0.971 bits per heavy atom. The van der Waals surface area contributed by atoms with Gasteiger partial charge in [0, 0.05) is 16.3 Å². The molecular weight excluding hydrogens is 533 g/mol. The lowest BCUT2D eigenvalue weighted by atomic mass is 10.2. The molecule has 0 aromatic heterocycles. The van der Waals surface area contributed by atoms with Crippen LogP contribution in [0.15, 0.2) is 84.3 Å². The van der Waals surface area contributed by atoms with Gasteiger partial charge in [-0.25, -0.2) is 16.8 Å². The van der Waals surface area contributed by atoms with Gasteiger partial charge < -0.3 is 5.32 Å². The first-order valence-electron chi connectivity index (χ1n) is 9.98. The van der Waals surface area contributed by atoms with Crippen LogP contribution in [0.2, 0.25) is 10.0 Å². The highest BCUT2D eigenvalue weighted by atomic mass is 35.5. The average molecular weight is 554 g/mol. The van der Waals surface area contributed by atoms with E-state index in [9.17, 15) is 21.6 Å². The van der Waals surface area contributed by atoms with Crippen LogP contribution < -0.4 is 14.3 Å². The van der Waals surface area contributed by atoms with Gasteiger partial charge in [-0.05, 0) is 66.7 Å². The molecule has 0 heterocycles. The number of carbonyl (C=O) groups excluding carboxylic acids is 1. The monoisotopic (exact) mass is 553 g/mol. The van der Waals surface area contributed by atoms with Crippen molar-refractivity contribution in [2.75, 3.05) is 27.1 Å². The first-order chi connectivity index (χ1) is 16.4. The number of rotatable bonds is 9. The summed E-state index contributed by atoms with van der Waals surface area (Å²) in [6.07, 6.45) is 2.55. The molecule has 0 aliphatic carbocycles. The smallest absolute Gasteiger partial charge is 0.261 e. The summed E-state index contributed by atoms with van der Waals surface area (Å²) in [7, 11) is -7.44. The molecule has 0 saturated heterocycles. The molecule has 0 aliphatic rings. The van der Waals surface area contributed by atoms with Crippen LogP contribution in [0.25, 0.3) is 0 Å². The van der Waals surface area contributed by atoms with Crippen molar-refractivity contribution in [3.05, 3.63) is 95.0 Å². The summed E-state index contributed by atoms with van der Waals surface area (Å²) in [6.45, 7) is 3.65. The van der Waals surface area contributed by atoms with E-state index in [1.54, 1.807) is 0 Å². The Hall–Kier alpha value is -3.05. The van der Waals surface area contributed by atoms with Gasteiger partial charge in [0.15, 0.2) is 0 Å². The molecule has 184 valence electrons. The van der Waals surface area contributed by atoms with Crippen molar-refractivity contribution in [3.8, 4) is 0 Å². The summed E-state index contributed by atoms with van der Waals surface area (Å²) in [6, 6.07) is 16.0. The number of hydrogen-bond donors (Lipinski definition) is 2. The average Bonchev–Trinajstić information content (AvgIpc) is 2.79. The van der Waals surface area contributed by atoms with Crippen LogP contribution >= 0.6 is 23.2 Å². The van der Waals surface area contributed by atoms with E-state index in [0.29, 0.717) is 16.4 Å². The molecule has 8 nitrogen and oxygen atoms in total. The summed E-state index contributed by atoms with van der Waals surface area (Å²) in [5.74, 6) is -0.451. The molecule has 0 radical (unpaired) electrons. The van der Waals surface area contributed by atoms with Crippen molar-refractivity contribution in [3.63, 3.8) is 0 Å². The van der Waals surface area contributed by atoms with Crippen molar-refractivity contribution >= 4 is 66.2 Å². The van der Waals surface area contributed by atoms with E-state index in [0.717, 1.165) is 10.6 Å². The van der Waals surface area contributed by atoms with Crippen LogP contribution in [0, 0.1) is 0 Å². The van der Waals surface area contributed by atoms with Gasteiger partial charge in [-0.1, -0.05) is 29.3 Å². The van der Waals surface area contributed by atoms with Crippen molar-refractivity contribution in [2.45, 2.75) is 4.90 Å². The minimum Gasteiger partial charge on any atom is -0.322 e. The van der Waals surface area contributed by atoms with Crippen LogP contribution in [-0.2, 0) is 20.0 Å². The predicted octanol–water partition coefficient (Wildman–Crippen LogP) is 5.00. The molecule has 0 bridgehead atoms. The second kappa shape index (κ2) is 10.7. The molecular formula is C23H21Cl2N3O5S2. The number of halogens is 2. The topological polar surface area (TPSA) is 113 Å². The highest BCUT2D eigenvalue weighted by molar-refractivity contribution is 7.92. The van der Waals surface area contributed by atoms with Gasteiger partial charge in [0.05, 0.1) is 34.1 Å². The van der Waals surface area contributed by atoms with E-state index in [2.05, 4.69) is 16.6 Å². The lowest BCUT2D eigenvalue weighted by Crippen LogP contribution is -2.29. The highest BCUT2D eigenvalue weighted by Crippen LogP contribution is 2.28. The van der Waals surface area contributed by atoms with Gasteiger partial charge in [0.2, 0.25) is 10.0 Å². The number of benzene rings is 3. The minimum atomic E-state index is -3.93. The normalized spacial score (nSPS) is 11.5. The molecule has 0 atom stereocenters. The molecule has 0 aliphatic heterocycles. The van der Waals surface area contributed by atoms with Gasteiger partial charge in [-0.2, -0.15) is 0 Å². The van der Waals surface area contributed by atoms with E-state index in [1.807, 2.05) is 0 Å². The molecule has 0 fully saturated rings. The predicted molar refractivity (Wildman–Crippen MR) is 140 cm³/mol. The van der Waals surface area contributed by atoms with Gasteiger partial charge in [0.1, 0.15) is 0 Å². The Labute approximate surface area is 214 Å². The Kier molecular flexibility index (Phi) is 8.11. The summed E-state index contributed by atoms with van der Waals surface area (Å²) in [4.78, 5) is 12.6. The van der Waals surface area contributed by atoms with Gasteiger partial charge in [0.25, 0.3) is 15.9 Å². The zero-order valence-corrected chi connectivity index (χ0v) is 21.5. The first kappa shape index (κ1) is 26.6. The minimum absolute atomic E-state index is 0.0334. The number of nitrogens with one attached hydrogen (secondary N) is 2. The summed E-state index contributed by atoms with van der Waals surface area (Å²) >= 11 is 11.9. The van der Waals surface area contributed by atoms with Crippen molar-refractivity contribution in [1.82, 2.24) is 0 Å². The third-order valence-electron chi connectivity index (χ3n) is 4.71. The molecule has 3 aromatic carbocycles. The maximum atomic E-state index is 12.7. The van der Waals surface area contributed by atoms with E-state index in [-0.39, 0.29) is 27.7 Å². The zero-order chi connectivity index (χ0) is 25.8. The van der Waals surface area contributed by atoms with Crippen LogP contribution in [0.3, 0.4) is 0 Å². The SMILES string of the molecule is C=CCN(c1ccc(C(=O)Nc2ccc(S(=O)(=O)Nc3ccc(Cl)cc3Cl)cc2)cc1)S(C)(=O)=O. The van der Waals surface area contributed by atoms with Gasteiger partial charge >= 0.3 is 0 Å². The quantitative estimate of drug-likeness (QED) is 0.362. The number of nitrogens with zero attached hydrogens (tertiary/aromatic N) is 1. The summed E-state index contributed by atoms with van der Waals surface area (Å²) in [5, 5.41) is 3.19. The van der Waals surface area contributed by atoms with Crippen molar-refractivity contribution in [1.29, 1.82) is 0 Å². The Morgan fingerprint density at radius 2 is 1.60 bits per heavy atom. The standard InChI is InChI=1S/C23H21Cl2N3O5S2/c1-3-14-28(34(2,30)31)19-9-4-16(5-10-19)23(29)26-18-7-11-20(12-8-18)35(32,33)27-22-13-6-17(24)15-21(22)25/h3-13,15,27H,1,14H2,2H3,(H,26,29). The Morgan fingerprint density at radius 3 is 2.14 bits per heavy atom. The number of amides is 1. The Bertz CT molecular complexity index is 1460. The fourth-order valence-corrected chi connectivity index (χ4v) is 5.50. The molecule has 3 aromatic rings. The first-order valence-corrected chi connectivity index (χ1v) is 14.1. The summed E-state index contributed by atoms with van der Waals surface area (Å²) < 4.78 is 52.8. The van der Waals surface area contributed by atoms with Gasteiger partial charge in [-0.3, -0.25) is 13.8 Å². The fraction of sp³-hybridized carbons (Fsp3) is 0.0870. The third-order valence-corrected chi connectivity index (χ3v) is 7.80. The number of sulfonamides is 2. The maximum absolute atomic E-state index is 12.7. The van der Waals surface area contributed by atoms with E-state index in [1.165, 1.54) is 72.8 Å². The molecule has 3 rings (SSSR count). The van der Waals surface area contributed by atoms with E-state index < -0.39 is 26.0 Å². The van der Waals surface area contributed by atoms with E-state index in [4.69, 9.17) is 23.2 Å². The van der Waals surface area contributed by atoms with E-state index >= 15 is 0 Å². The zero-order valence-electron chi connectivity index (χ0n) is 18.4. The number of anilines is 3. The Balaban J connectivity index is 1.71. The molecule has 35 heavy (non-hydrogen) atoms. The van der Waals surface area contributed by atoms with Crippen molar-refractivity contribution < 1.29 is 21.6 Å².